The van der Waals surface area contributed by atoms with Crippen LogP contribution in [0.4, 0.5) is 0 Å². The first-order valence-corrected chi connectivity index (χ1v) is 9.28. The largest absolute Gasteiger partial charge is 0.286 e. The second-order valence-corrected chi connectivity index (χ2v) is 7.98. The van der Waals surface area contributed by atoms with Crippen LogP contribution in [0, 0.1) is 0 Å². The Bertz CT molecular complexity index is 977. The number of fused-ring (bicyclic) bond motifs is 1. The summed E-state index contributed by atoms with van der Waals surface area (Å²) < 4.78 is 30.6. The van der Waals surface area contributed by atoms with E-state index < -0.39 is 10.0 Å². The normalized spacial score (nSPS) is 19.8. The van der Waals surface area contributed by atoms with Gasteiger partial charge in [0.2, 0.25) is 10.0 Å². The summed E-state index contributed by atoms with van der Waals surface area (Å²) >= 11 is 0. The van der Waals surface area contributed by atoms with Crippen molar-refractivity contribution in [3.05, 3.63) is 42.6 Å². The molecule has 1 fully saturated rings. The van der Waals surface area contributed by atoms with Gasteiger partial charge in [0.25, 0.3) is 0 Å². The first kappa shape index (κ1) is 15.3. The summed E-state index contributed by atoms with van der Waals surface area (Å²) in [6.45, 7) is 0.928. The first-order chi connectivity index (χ1) is 11.6. The van der Waals surface area contributed by atoms with Gasteiger partial charge in [-0.3, -0.25) is 9.08 Å². The highest BCUT2D eigenvalue weighted by Crippen LogP contribution is 2.29. The minimum absolute atomic E-state index is 0.0302. The molecule has 4 rings (SSSR count). The lowest BCUT2D eigenvalue weighted by molar-refractivity contribution is 0.308. The molecule has 4 heterocycles. The van der Waals surface area contributed by atoms with Crippen molar-refractivity contribution in [2.45, 2.75) is 23.7 Å². The summed E-state index contributed by atoms with van der Waals surface area (Å²) in [6.07, 6.45) is 6.54. The highest BCUT2D eigenvalue weighted by molar-refractivity contribution is 7.89. The van der Waals surface area contributed by atoms with Gasteiger partial charge in [-0.2, -0.15) is 9.40 Å². The van der Waals surface area contributed by atoms with Crippen LogP contribution in [-0.2, 0) is 17.1 Å². The summed E-state index contributed by atoms with van der Waals surface area (Å²) in [5, 5.41) is 12.4. The molecule has 0 aromatic carbocycles. The van der Waals surface area contributed by atoms with Crippen molar-refractivity contribution < 1.29 is 8.42 Å². The van der Waals surface area contributed by atoms with Crippen LogP contribution in [-0.4, -0.2) is 50.2 Å². The van der Waals surface area contributed by atoms with Gasteiger partial charge in [-0.05, 0) is 25.0 Å². The van der Waals surface area contributed by atoms with Crippen molar-refractivity contribution in [1.29, 1.82) is 0 Å². The maximum absolute atomic E-state index is 12.8. The summed E-state index contributed by atoms with van der Waals surface area (Å²) in [5.41, 5.74) is 0.778. The minimum Gasteiger partial charge on any atom is -0.286 e. The highest BCUT2D eigenvalue weighted by Gasteiger charge is 2.33. The molecule has 3 aromatic heterocycles. The van der Waals surface area contributed by atoms with Gasteiger partial charge in [0.15, 0.2) is 5.65 Å². The first-order valence-electron chi connectivity index (χ1n) is 7.84. The van der Waals surface area contributed by atoms with Gasteiger partial charge in [0.05, 0.1) is 6.20 Å². The van der Waals surface area contributed by atoms with Crippen molar-refractivity contribution in [3.8, 4) is 0 Å². The number of rotatable bonds is 3. The Morgan fingerprint density at radius 1 is 1.25 bits per heavy atom. The predicted octanol–water partition coefficient (Wildman–Crippen LogP) is 1.03. The molecule has 8 nitrogen and oxygen atoms in total. The molecule has 0 aliphatic carbocycles. The number of pyridine rings is 1. The van der Waals surface area contributed by atoms with Crippen LogP contribution >= 0.6 is 0 Å². The van der Waals surface area contributed by atoms with Crippen molar-refractivity contribution in [2.75, 3.05) is 13.1 Å². The third kappa shape index (κ3) is 2.49. The lowest BCUT2D eigenvalue weighted by atomic mass is 9.99. The van der Waals surface area contributed by atoms with E-state index in [0.29, 0.717) is 13.1 Å². The molecule has 0 saturated carbocycles. The fraction of sp³-hybridized carbons (Fsp3) is 0.400. The van der Waals surface area contributed by atoms with Gasteiger partial charge in [-0.15, -0.1) is 10.2 Å². The Morgan fingerprint density at radius 3 is 2.92 bits per heavy atom. The Kier molecular flexibility index (Phi) is 3.61. The molecule has 1 saturated heterocycles. The van der Waals surface area contributed by atoms with Crippen LogP contribution < -0.4 is 0 Å². The summed E-state index contributed by atoms with van der Waals surface area (Å²) in [4.78, 5) is 0.233. The lowest BCUT2D eigenvalue weighted by Gasteiger charge is -2.30. The number of piperidine rings is 1. The Labute approximate surface area is 139 Å². The van der Waals surface area contributed by atoms with Crippen molar-refractivity contribution in [2.24, 2.45) is 7.05 Å². The lowest BCUT2D eigenvalue weighted by Crippen LogP contribution is -2.39. The van der Waals surface area contributed by atoms with E-state index in [1.54, 1.807) is 7.05 Å². The van der Waals surface area contributed by atoms with E-state index in [1.165, 1.54) is 21.4 Å². The standard InChI is InChI=1S/C15H18N6O2S/c1-19-11-13(9-16-19)24(22,23)20-7-4-5-12(10-20)15-18-17-14-6-2-3-8-21(14)15/h2-3,6,8-9,11-12H,4-5,7,10H2,1H3/t12-/m0/s1. The molecule has 0 bridgehead atoms. The van der Waals surface area contributed by atoms with Gasteiger partial charge in [-0.1, -0.05) is 6.07 Å². The van der Waals surface area contributed by atoms with E-state index in [1.807, 2.05) is 28.8 Å². The molecule has 1 aliphatic rings. The van der Waals surface area contributed by atoms with Gasteiger partial charge < -0.3 is 0 Å². The number of nitrogens with zero attached hydrogens (tertiary/aromatic N) is 6. The van der Waals surface area contributed by atoms with Gasteiger partial charge in [0.1, 0.15) is 10.7 Å². The zero-order chi connectivity index (χ0) is 16.7. The maximum atomic E-state index is 12.8. The molecule has 1 aliphatic heterocycles. The smallest absolute Gasteiger partial charge is 0.246 e. The fourth-order valence-corrected chi connectivity index (χ4v) is 4.70. The van der Waals surface area contributed by atoms with E-state index in [9.17, 15) is 8.42 Å². The quantitative estimate of drug-likeness (QED) is 0.707. The topological polar surface area (TPSA) is 85.4 Å². The summed E-state index contributed by atoms with van der Waals surface area (Å²) in [5.74, 6) is 0.847. The zero-order valence-corrected chi connectivity index (χ0v) is 14.1. The third-order valence-electron chi connectivity index (χ3n) is 4.41. The van der Waals surface area contributed by atoms with Crippen LogP contribution in [0.1, 0.15) is 24.6 Å². The molecule has 0 N–H and O–H groups in total. The fourth-order valence-electron chi connectivity index (χ4n) is 3.19. The average molecular weight is 346 g/mol. The summed E-state index contributed by atoms with van der Waals surface area (Å²) in [6, 6.07) is 5.73. The number of hydrogen-bond donors (Lipinski definition) is 0. The van der Waals surface area contributed by atoms with Gasteiger partial charge in [-0.25, -0.2) is 8.42 Å². The Balaban J connectivity index is 1.64. The van der Waals surface area contributed by atoms with Crippen LogP contribution in [0.3, 0.4) is 0 Å². The molecule has 1 atom stereocenters. The van der Waals surface area contributed by atoms with Crippen LogP contribution in [0.15, 0.2) is 41.7 Å². The summed E-state index contributed by atoms with van der Waals surface area (Å²) in [7, 11) is -1.82. The molecule has 0 amide bonds. The second-order valence-electron chi connectivity index (χ2n) is 6.04. The average Bonchev–Trinajstić information content (AvgIpc) is 3.21. The Morgan fingerprint density at radius 2 is 2.12 bits per heavy atom. The second kappa shape index (κ2) is 5.67. The maximum Gasteiger partial charge on any atom is 0.246 e. The number of aryl methyl sites for hydroxylation is 1. The molecule has 0 radical (unpaired) electrons. The predicted molar refractivity (Wildman–Crippen MR) is 86.9 cm³/mol. The van der Waals surface area contributed by atoms with E-state index in [-0.39, 0.29) is 10.8 Å². The van der Waals surface area contributed by atoms with E-state index in [2.05, 4.69) is 15.3 Å². The van der Waals surface area contributed by atoms with Crippen LogP contribution in [0.2, 0.25) is 0 Å². The van der Waals surface area contributed by atoms with Gasteiger partial charge in [0, 0.05) is 38.4 Å². The molecular weight excluding hydrogens is 328 g/mol. The highest BCUT2D eigenvalue weighted by atomic mass is 32.2. The molecule has 0 spiro atoms. The van der Waals surface area contributed by atoms with Gasteiger partial charge >= 0.3 is 0 Å². The molecule has 3 aromatic rings. The Hall–Kier alpha value is -2.26. The molecular formula is C15H18N6O2S. The number of hydrogen-bond acceptors (Lipinski definition) is 5. The van der Waals surface area contributed by atoms with Crippen LogP contribution in [0.5, 0.6) is 0 Å². The molecule has 9 heteroatoms. The van der Waals surface area contributed by atoms with E-state index in [4.69, 9.17) is 0 Å². The van der Waals surface area contributed by atoms with Crippen molar-refractivity contribution in [3.63, 3.8) is 0 Å². The molecule has 24 heavy (non-hydrogen) atoms. The zero-order valence-electron chi connectivity index (χ0n) is 13.3. The number of aromatic nitrogens is 5. The van der Waals surface area contributed by atoms with E-state index in [0.717, 1.165) is 24.3 Å². The van der Waals surface area contributed by atoms with E-state index >= 15 is 0 Å². The van der Waals surface area contributed by atoms with Crippen molar-refractivity contribution >= 4 is 15.7 Å². The van der Waals surface area contributed by atoms with Crippen molar-refractivity contribution in [1.82, 2.24) is 28.7 Å². The molecule has 0 unspecified atom stereocenters. The number of sulfonamides is 1. The minimum atomic E-state index is -3.53. The third-order valence-corrected chi connectivity index (χ3v) is 6.23. The monoisotopic (exact) mass is 346 g/mol. The molecule has 126 valence electrons. The van der Waals surface area contributed by atoms with Crippen LogP contribution in [0.25, 0.3) is 5.65 Å². The SMILES string of the molecule is Cn1cc(S(=O)(=O)N2CCC[C@H](c3nnc4ccccn34)C2)cn1.